The van der Waals surface area contributed by atoms with E-state index < -0.39 is 5.92 Å². The summed E-state index contributed by atoms with van der Waals surface area (Å²) in [6.45, 7) is 1.88. The van der Waals surface area contributed by atoms with Gasteiger partial charge < -0.3 is 0 Å². The standard InChI is InChI=1S/C10H9BrF2/c1-6-7-4-5-10(12,13)8(7)2-3-9(6)11/h2-3H,4-5H2,1H3. The van der Waals surface area contributed by atoms with Crippen LogP contribution >= 0.6 is 15.9 Å². The molecular weight excluding hydrogens is 238 g/mol. The van der Waals surface area contributed by atoms with Crippen LogP contribution in [0.4, 0.5) is 8.78 Å². The van der Waals surface area contributed by atoms with Crippen molar-refractivity contribution in [2.75, 3.05) is 0 Å². The number of rotatable bonds is 0. The molecule has 0 heterocycles. The SMILES string of the molecule is Cc1c(Br)ccc2c1CCC2(F)F. The van der Waals surface area contributed by atoms with Gasteiger partial charge in [0.1, 0.15) is 0 Å². The minimum atomic E-state index is -2.61. The van der Waals surface area contributed by atoms with Gasteiger partial charge in [0, 0.05) is 16.5 Å². The van der Waals surface area contributed by atoms with Gasteiger partial charge in [-0.15, -0.1) is 0 Å². The van der Waals surface area contributed by atoms with E-state index in [4.69, 9.17) is 0 Å². The molecule has 2 rings (SSSR count). The van der Waals surface area contributed by atoms with E-state index in [1.807, 2.05) is 6.92 Å². The predicted molar refractivity (Wildman–Crippen MR) is 51.1 cm³/mol. The molecule has 0 atom stereocenters. The molecule has 0 saturated heterocycles. The van der Waals surface area contributed by atoms with E-state index >= 15 is 0 Å². The molecule has 3 heteroatoms. The molecule has 13 heavy (non-hydrogen) atoms. The fourth-order valence-electron chi connectivity index (χ4n) is 1.81. The third-order valence-corrected chi connectivity index (χ3v) is 3.47. The van der Waals surface area contributed by atoms with E-state index in [0.717, 1.165) is 15.6 Å². The van der Waals surface area contributed by atoms with Gasteiger partial charge in [-0.3, -0.25) is 0 Å². The second-order valence-corrected chi connectivity index (χ2v) is 4.26. The highest BCUT2D eigenvalue weighted by Gasteiger charge is 2.39. The van der Waals surface area contributed by atoms with E-state index in [1.54, 1.807) is 6.07 Å². The molecule has 0 amide bonds. The molecule has 0 fully saturated rings. The largest absolute Gasteiger partial charge is 0.273 e. The van der Waals surface area contributed by atoms with Crippen molar-refractivity contribution in [2.24, 2.45) is 0 Å². The lowest BCUT2D eigenvalue weighted by molar-refractivity contribution is -0.00184. The van der Waals surface area contributed by atoms with Gasteiger partial charge >= 0.3 is 0 Å². The molecule has 0 radical (unpaired) electrons. The molecule has 1 aliphatic rings. The Morgan fingerprint density at radius 2 is 2.08 bits per heavy atom. The lowest BCUT2D eigenvalue weighted by Crippen LogP contribution is -2.07. The third-order valence-electron chi connectivity index (χ3n) is 2.62. The van der Waals surface area contributed by atoms with Gasteiger partial charge in [0.2, 0.25) is 0 Å². The summed E-state index contributed by atoms with van der Waals surface area (Å²) in [5.74, 6) is -2.61. The second kappa shape index (κ2) is 2.77. The summed E-state index contributed by atoms with van der Waals surface area (Å²) in [5, 5.41) is 0. The lowest BCUT2D eigenvalue weighted by atomic mass is 10.0. The van der Waals surface area contributed by atoms with Crippen LogP contribution in [0.1, 0.15) is 23.1 Å². The first-order chi connectivity index (χ1) is 6.02. The molecule has 1 aromatic carbocycles. The smallest absolute Gasteiger partial charge is 0.201 e. The van der Waals surface area contributed by atoms with Gasteiger partial charge in [-0.25, -0.2) is 8.78 Å². The highest BCUT2D eigenvalue weighted by molar-refractivity contribution is 9.10. The maximum Gasteiger partial charge on any atom is 0.273 e. The van der Waals surface area contributed by atoms with Gasteiger partial charge in [-0.05, 0) is 30.5 Å². The monoisotopic (exact) mass is 246 g/mol. The Morgan fingerprint density at radius 3 is 2.77 bits per heavy atom. The Labute approximate surface area is 84.1 Å². The van der Waals surface area contributed by atoms with Crippen LogP contribution in [0.3, 0.4) is 0 Å². The molecule has 1 aliphatic carbocycles. The highest BCUT2D eigenvalue weighted by atomic mass is 79.9. The summed E-state index contributed by atoms with van der Waals surface area (Å²) in [6, 6.07) is 3.23. The average Bonchev–Trinajstić information content (AvgIpc) is 2.35. The summed E-state index contributed by atoms with van der Waals surface area (Å²) in [4.78, 5) is 0. The van der Waals surface area contributed by atoms with Crippen LogP contribution < -0.4 is 0 Å². The van der Waals surface area contributed by atoms with Crippen molar-refractivity contribution in [1.82, 2.24) is 0 Å². The van der Waals surface area contributed by atoms with Crippen LogP contribution in [0.15, 0.2) is 16.6 Å². The van der Waals surface area contributed by atoms with Crippen LogP contribution in [0.2, 0.25) is 0 Å². The van der Waals surface area contributed by atoms with Crippen molar-refractivity contribution in [2.45, 2.75) is 25.7 Å². The highest BCUT2D eigenvalue weighted by Crippen LogP contribution is 2.43. The molecule has 70 valence electrons. The zero-order valence-electron chi connectivity index (χ0n) is 7.20. The summed E-state index contributed by atoms with van der Waals surface area (Å²) in [6.07, 6.45) is 0.452. The van der Waals surface area contributed by atoms with Crippen molar-refractivity contribution in [3.05, 3.63) is 33.3 Å². The molecule has 0 N–H and O–H groups in total. The van der Waals surface area contributed by atoms with E-state index in [9.17, 15) is 8.78 Å². The second-order valence-electron chi connectivity index (χ2n) is 3.40. The van der Waals surface area contributed by atoms with Crippen molar-refractivity contribution < 1.29 is 8.78 Å². The summed E-state index contributed by atoms with van der Waals surface area (Å²) in [7, 11) is 0. The van der Waals surface area contributed by atoms with E-state index in [2.05, 4.69) is 15.9 Å². The Hall–Kier alpha value is -0.440. The third kappa shape index (κ3) is 1.30. The Kier molecular flexibility index (Phi) is 1.95. The van der Waals surface area contributed by atoms with Gasteiger partial charge in [0.05, 0.1) is 0 Å². The first-order valence-electron chi connectivity index (χ1n) is 4.18. The zero-order chi connectivity index (χ0) is 9.64. The Balaban J connectivity index is 2.64. The number of fused-ring (bicyclic) bond motifs is 1. The maximum atomic E-state index is 13.2. The molecule has 1 aromatic rings. The van der Waals surface area contributed by atoms with Crippen molar-refractivity contribution in [3.8, 4) is 0 Å². The molecule has 0 aromatic heterocycles. The average molecular weight is 247 g/mol. The van der Waals surface area contributed by atoms with Crippen molar-refractivity contribution in [1.29, 1.82) is 0 Å². The first kappa shape index (κ1) is 9.13. The lowest BCUT2D eigenvalue weighted by Gasteiger charge is -2.11. The molecule has 0 nitrogen and oxygen atoms in total. The number of hydrogen-bond acceptors (Lipinski definition) is 0. The normalized spacial score (nSPS) is 18.8. The van der Waals surface area contributed by atoms with Crippen LogP contribution in [0.5, 0.6) is 0 Å². The summed E-state index contributed by atoms with van der Waals surface area (Å²) >= 11 is 3.34. The summed E-state index contributed by atoms with van der Waals surface area (Å²) in [5.41, 5.74) is 1.99. The fourth-order valence-corrected chi connectivity index (χ4v) is 2.18. The maximum absolute atomic E-state index is 13.2. The number of hydrogen-bond donors (Lipinski definition) is 0. The zero-order valence-corrected chi connectivity index (χ0v) is 8.79. The van der Waals surface area contributed by atoms with Crippen molar-refractivity contribution in [3.63, 3.8) is 0 Å². The van der Waals surface area contributed by atoms with Gasteiger partial charge in [-0.1, -0.05) is 22.0 Å². The van der Waals surface area contributed by atoms with E-state index in [0.29, 0.717) is 6.42 Å². The Bertz CT molecular complexity index is 358. The van der Waals surface area contributed by atoms with Gasteiger partial charge in [0.15, 0.2) is 0 Å². The fraction of sp³-hybridized carbons (Fsp3) is 0.400. The Morgan fingerprint density at radius 1 is 1.38 bits per heavy atom. The molecule has 0 saturated carbocycles. The molecular formula is C10H9BrF2. The van der Waals surface area contributed by atoms with Crippen LogP contribution in [0, 0.1) is 6.92 Å². The van der Waals surface area contributed by atoms with E-state index in [1.165, 1.54) is 6.07 Å². The number of halogens is 3. The van der Waals surface area contributed by atoms with Gasteiger partial charge in [-0.2, -0.15) is 0 Å². The van der Waals surface area contributed by atoms with Crippen molar-refractivity contribution >= 4 is 15.9 Å². The molecule has 0 bridgehead atoms. The first-order valence-corrected chi connectivity index (χ1v) is 4.98. The topological polar surface area (TPSA) is 0 Å². The molecule has 0 spiro atoms. The predicted octanol–water partition coefficient (Wildman–Crippen LogP) is 3.80. The minimum absolute atomic E-state index is 0.0420. The van der Waals surface area contributed by atoms with Crippen LogP contribution in [0.25, 0.3) is 0 Å². The molecule has 0 aliphatic heterocycles. The minimum Gasteiger partial charge on any atom is -0.201 e. The van der Waals surface area contributed by atoms with Crippen LogP contribution in [-0.2, 0) is 12.3 Å². The quantitative estimate of drug-likeness (QED) is 0.654. The van der Waals surface area contributed by atoms with E-state index in [-0.39, 0.29) is 12.0 Å². The summed E-state index contributed by atoms with van der Waals surface area (Å²) < 4.78 is 27.4. The van der Waals surface area contributed by atoms with Gasteiger partial charge in [0.25, 0.3) is 5.92 Å². The number of benzene rings is 1. The van der Waals surface area contributed by atoms with Crippen LogP contribution in [-0.4, -0.2) is 0 Å². The number of alkyl halides is 2. The molecule has 0 unspecified atom stereocenters.